The molecule has 0 N–H and O–H groups in total. The first-order valence-corrected chi connectivity index (χ1v) is 10.6. The second-order valence-corrected chi connectivity index (χ2v) is 9.03. The van der Waals surface area contributed by atoms with E-state index in [-0.39, 0.29) is 0 Å². The van der Waals surface area contributed by atoms with E-state index >= 15 is 0 Å². The monoisotopic (exact) mass is 403 g/mol. The van der Waals surface area contributed by atoms with E-state index < -0.39 is 0 Å². The second kappa shape index (κ2) is 7.25. The van der Waals surface area contributed by atoms with Gasteiger partial charge < -0.3 is 4.42 Å². The molecule has 25 heavy (non-hydrogen) atoms. The molecule has 3 heterocycles. The molecule has 1 aromatic carbocycles. The van der Waals surface area contributed by atoms with Crippen molar-refractivity contribution in [3.63, 3.8) is 0 Å². The molecule has 0 fully saturated rings. The minimum Gasteiger partial charge on any atom is -0.444 e. The summed E-state index contributed by atoms with van der Waals surface area (Å²) in [4.78, 5) is 5.57. The summed E-state index contributed by atoms with van der Waals surface area (Å²) >= 11 is 10.2. The molecule has 0 aliphatic carbocycles. The van der Waals surface area contributed by atoms with Crippen LogP contribution in [-0.4, -0.2) is 14.8 Å². The normalized spacial score (nSPS) is 11.1. The maximum atomic E-state index is 5.55. The summed E-state index contributed by atoms with van der Waals surface area (Å²) in [6.07, 6.45) is 1.71. The highest BCUT2D eigenvalue weighted by molar-refractivity contribution is 8.00. The van der Waals surface area contributed by atoms with Crippen LogP contribution in [0.2, 0.25) is 0 Å². The van der Waals surface area contributed by atoms with Crippen molar-refractivity contribution in [2.24, 2.45) is 0 Å². The average Bonchev–Trinajstić information content (AvgIpc) is 3.34. The van der Waals surface area contributed by atoms with E-state index in [2.05, 4.69) is 23.1 Å². The van der Waals surface area contributed by atoms with E-state index in [0.29, 0.717) is 11.6 Å². The predicted molar refractivity (Wildman–Crippen MR) is 106 cm³/mol. The summed E-state index contributed by atoms with van der Waals surface area (Å²) < 4.78 is 9.06. The molecule has 4 rings (SSSR count). The number of thiophene rings is 1. The Morgan fingerprint density at radius 2 is 2.12 bits per heavy atom. The first kappa shape index (κ1) is 16.7. The van der Waals surface area contributed by atoms with Gasteiger partial charge in [0.05, 0.1) is 16.3 Å². The predicted octanol–water partition coefficient (Wildman–Crippen LogP) is 5.98. The Labute approximate surface area is 162 Å². The Balaban J connectivity index is 1.50. The second-order valence-electron chi connectivity index (χ2n) is 5.24. The molecule has 8 heteroatoms. The van der Waals surface area contributed by atoms with Gasteiger partial charge in [-0.05, 0) is 42.2 Å². The first-order chi connectivity index (χ1) is 12.2. The number of aryl methyl sites for hydroxylation is 1. The quantitative estimate of drug-likeness (QED) is 0.303. The fraction of sp³-hybridized carbons (Fsp3) is 0.118. The van der Waals surface area contributed by atoms with Crippen LogP contribution in [0.15, 0.2) is 56.8 Å². The van der Waals surface area contributed by atoms with Gasteiger partial charge in [0.25, 0.3) is 0 Å². The number of thioether (sulfide) groups is 1. The van der Waals surface area contributed by atoms with Crippen LogP contribution in [-0.2, 0) is 5.75 Å². The summed E-state index contributed by atoms with van der Waals surface area (Å²) in [5.41, 5.74) is 3.08. The molecule has 126 valence electrons. The Morgan fingerprint density at radius 3 is 2.92 bits per heavy atom. The van der Waals surface area contributed by atoms with Crippen LogP contribution >= 0.6 is 46.7 Å². The lowest BCUT2D eigenvalue weighted by molar-refractivity contribution is 0.575. The van der Waals surface area contributed by atoms with Gasteiger partial charge in [-0.25, -0.2) is 9.67 Å². The molecule has 0 bridgehead atoms. The number of hydrogen-bond donors (Lipinski definition) is 0. The molecule has 3 aromatic heterocycles. The lowest BCUT2D eigenvalue weighted by atomic mass is 10.2. The van der Waals surface area contributed by atoms with Crippen molar-refractivity contribution in [1.82, 2.24) is 14.8 Å². The number of hydrogen-bond acceptors (Lipinski definition) is 7. The molecule has 0 spiro atoms. The molecule has 0 aliphatic rings. The third kappa shape index (κ3) is 3.62. The minimum atomic E-state index is 0.670. The average molecular weight is 404 g/mol. The maximum Gasteiger partial charge on any atom is 0.236 e. The van der Waals surface area contributed by atoms with Crippen LogP contribution in [0.25, 0.3) is 16.5 Å². The molecule has 0 radical (unpaired) electrons. The van der Waals surface area contributed by atoms with E-state index in [0.717, 1.165) is 30.1 Å². The molecule has 0 unspecified atom stereocenters. The summed E-state index contributed by atoms with van der Waals surface area (Å²) in [7, 11) is 0. The van der Waals surface area contributed by atoms with Crippen LogP contribution in [0.3, 0.4) is 0 Å². The van der Waals surface area contributed by atoms with Crippen LogP contribution in [0, 0.1) is 10.9 Å². The molecule has 4 nitrogen and oxygen atoms in total. The minimum absolute atomic E-state index is 0.670. The third-order valence-corrected chi connectivity index (χ3v) is 6.76. The zero-order valence-corrected chi connectivity index (χ0v) is 16.5. The van der Waals surface area contributed by atoms with Gasteiger partial charge in [-0.15, -0.1) is 16.4 Å². The highest BCUT2D eigenvalue weighted by Crippen LogP contribution is 2.29. The molecule has 0 saturated heterocycles. The van der Waals surface area contributed by atoms with Gasteiger partial charge in [0.15, 0.2) is 8.29 Å². The van der Waals surface area contributed by atoms with Crippen LogP contribution in [0.1, 0.15) is 11.3 Å². The largest absolute Gasteiger partial charge is 0.444 e. The van der Waals surface area contributed by atoms with Crippen molar-refractivity contribution in [1.29, 1.82) is 0 Å². The Morgan fingerprint density at radius 1 is 1.24 bits per heavy atom. The molecule has 0 amide bonds. The number of aromatic nitrogens is 3. The fourth-order valence-electron chi connectivity index (χ4n) is 2.29. The number of benzene rings is 1. The molecule has 4 aromatic rings. The number of rotatable bonds is 5. The van der Waals surface area contributed by atoms with Gasteiger partial charge in [-0.3, -0.25) is 0 Å². The lowest BCUT2D eigenvalue weighted by Crippen LogP contribution is -1.98. The van der Waals surface area contributed by atoms with Gasteiger partial charge in [0.1, 0.15) is 6.26 Å². The van der Waals surface area contributed by atoms with Crippen LogP contribution in [0.5, 0.6) is 0 Å². The van der Waals surface area contributed by atoms with Crippen LogP contribution in [0.4, 0.5) is 0 Å². The third-order valence-electron chi connectivity index (χ3n) is 3.50. The molecule has 0 atom stereocenters. The van der Waals surface area contributed by atoms with Crippen molar-refractivity contribution in [3.8, 4) is 16.5 Å². The molecular formula is C17H13N3OS4. The summed E-state index contributed by atoms with van der Waals surface area (Å²) in [5, 5.41) is 6.66. The Bertz CT molecular complexity index is 1050. The number of oxazole rings is 1. The summed E-state index contributed by atoms with van der Waals surface area (Å²) in [6.45, 7) is 2.06. The molecule has 0 aliphatic heterocycles. The van der Waals surface area contributed by atoms with Crippen molar-refractivity contribution in [2.75, 3.05) is 0 Å². The molecule has 0 saturated carbocycles. The first-order valence-electron chi connectivity index (χ1n) is 7.48. The zero-order valence-electron chi connectivity index (χ0n) is 13.2. The smallest absolute Gasteiger partial charge is 0.236 e. The van der Waals surface area contributed by atoms with Crippen molar-refractivity contribution >= 4 is 46.7 Å². The van der Waals surface area contributed by atoms with Gasteiger partial charge in [-0.1, -0.05) is 47.4 Å². The van der Waals surface area contributed by atoms with E-state index in [4.69, 9.17) is 16.6 Å². The zero-order chi connectivity index (χ0) is 17.2. The van der Waals surface area contributed by atoms with Crippen molar-refractivity contribution < 1.29 is 4.42 Å². The van der Waals surface area contributed by atoms with Gasteiger partial charge in [0.2, 0.25) is 5.89 Å². The number of para-hydroxylation sites is 1. The maximum absolute atomic E-state index is 5.55. The van der Waals surface area contributed by atoms with E-state index in [1.54, 1.807) is 29.4 Å². The van der Waals surface area contributed by atoms with Gasteiger partial charge in [0, 0.05) is 5.75 Å². The molecular weight excluding hydrogens is 390 g/mol. The standard InChI is InChI=1S/C17H13N3OS4/c1-11-5-2-3-6-13(11)20-17(22)25-16(19-20)24-10-12-9-21-15(18-12)14-7-4-8-23-14/h2-9H,10H2,1H3. The van der Waals surface area contributed by atoms with E-state index in [1.165, 1.54) is 11.3 Å². The Hall–Kier alpha value is -1.74. The summed E-state index contributed by atoms with van der Waals surface area (Å²) in [5.74, 6) is 1.37. The number of nitrogens with zero attached hydrogens (tertiary/aromatic N) is 3. The van der Waals surface area contributed by atoms with E-state index in [9.17, 15) is 0 Å². The fourth-order valence-corrected chi connectivity index (χ4v) is 5.17. The van der Waals surface area contributed by atoms with Gasteiger partial charge >= 0.3 is 0 Å². The summed E-state index contributed by atoms with van der Waals surface area (Å²) in [6, 6.07) is 12.1. The topological polar surface area (TPSA) is 43.9 Å². The van der Waals surface area contributed by atoms with E-state index in [1.807, 2.05) is 40.4 Å². The SMILES string of the molecule is Cc1ccccc1-n1nc(SCc2coc(-c3cccs3)n2)sc1=S. The Kier molecular flexibility index (Phi) is 4.85. The van der Waals surface area contributed by atoms with Crippen molar-refractivity contribution in [3.05, 3.63) is 63.3 Å². The van der Waals surface area contributed by atoms with Crippen LogP contribution < -0.4 is 0 Å². The highest BCUT2D eigenvalue weighted by Gasteiger charge is 2.11. The lowest BCUT2D eigenvalue weighted by Gasteiger charge is -2.03. The van der Waals surface area contributed by atoms with Gasteiger partial charge in [-0.2, -0.15) is 0 Å². The highest BCUT2D eigenvalue weighted by atomic mass is 32.2. The van der Waals surface area contributed by atoms with Crippen molar-refractivity contribution in [2.45, 2.75) is 17.0 Å².